The van der Waals surface area contributed by atoms with Crippen LogP contribution in [0.2, 0.25) is 0 Å². The summed E-state index contributed by atoms with van der Waals surface area (Å²) in [5.41, 5.74) is 14.8. The minimum atomic E-state index is 1.21. The first kappa shape index (κ1) is 31.7. The molecular formula is C54H36. The van der Waals surface area contributed by atoms with Gasteiger partial charge in [-0.05, 0) is 111 Å². The van der Waals surface area contributed by atoms with Gasteiger partial charge >= 0.3 is 0 Å². The molecule has 0 radical (unpaired) electrons. The normalized spacial score (nSPS) is 11.3. The molecule has 10 aromatic rings. The van der Waals surface area contributed by atoms with Gasteiger partial charge in [0.1, 0.15) is 0 Å². The van der Waals surface area contributed by atoms with Crippen LogP contribution in [0.1, 0.15) is 0 Å². The van der Waals surface area contributed by atoms with Crippen molar-refractivity contribution in [3.8, 4) is 66.8 Å². The zero-order valence-electron chi connectivity index (χ0n) is 29.8. The van der Waals surface area contributed by atoms with Gasteiger partial charge in [-0.25, -0.2) is 0 Å². The van der Waals surface area contributed by atoms with E-state index in [-0.39, 0.29) is 0 Å². The fraction of sp³-hybridized carbons (Fsp3) is 0. The summed E-state index contributed by atoms with van der Waals surface area (Å²) in [6.45, 7) is 0. The van der Waals surface area contributed by atoms with Crippen molar-refractivity contribution in [1.29, 1.82) is 0 Å². The topological polar surface area (TPSA) is 0 Å². The number of hydrogen-bond donors (Lipinski definition) is 0. The predicted molar refractivity (Wildman–Crippen MR) is 232 cm³/mol. The lowest BCUT2D eigenvalue weighted by Gasteiger charge is -2.22. The van der Waals surface area contributed by atoms with Crippen molar-refractivity contribution in [3.63, 3.8) is 0 Å². The zero-order chi connectivity index (χ0) is 35.8. The summed E-state index contributed by atoms with van der Waals surface area (Å²) in [6, 6.07) is 79.8. The summed E-state index contributed by atoms with van der Waals surface area (Å²) >= 11 is 0. The van der Waals surface area contributed by atoms with Crippen LogP contribution >= 0.6 is 0 Å². The fourth-order valence-corrected chi connectivity index (χ4v) is 8.29. The highest BCUT2D eigenvalue weighted by molar-refractivity contribution is 6.25. The second kappa shape index (κ2) is 13.5. The molecule has 0 atom stereocenters. The van der Waals surface area contributed by atoms with Crippen molar-refractivity contribution in [2.24, 2.45) is 0 Å². The maximum absolute atomic E-state index is 2.42. The van der Waals surface area contributed by atoms with E-state index in [1.165, 1.54) is 99.1 Å². The van der Waals surface area contributed by atoms with E-state index >= 15 is 0 Å². The van der Waals surface area contributed by atoms with E-state index in [4.69, 9.17) is 0 Å². The van der Waals surface area contributed by atoms with Gasteiger partial charge in [0, 0.05) is 0 Å². The Kier molecular flexibility index (Phi) is 7.93. The van der Waals surface area contributed by atoms with E-state index in [1.807, 2.05) is 0 Å². The molecule has 0 heteroatoms. The number of hydrogen-bond acceptors (Lipinski definition) is 0. The standard InChI is InChI=1S/C54H36/c1-3-15-37(16-4-1)39-27-31-41(32-28-39)45-21-9-11-23-47(45)53-49-25-13-14-26-50(49)54(52-36-44-20-8-7-19-43(44)35-51(52)53)48-24-12-10-22-46(48)42-33-29-40(30-34-42)38-17-5-2-6-18-38/h1-36H. The summed E-state index contributed by atoms with van der Waals surface area (Å²) in [5, 5.41) is 7.48. The van der Waals surface area contributed by atoms with Gasteiger partial charge in [-0.2, -0.15) is 0 Å². The van der Waals surface area contributed by atoms with Gasteiger partial charge in [-0.15, -0.1) is 0 Å². The van der Waals surface area contributed by atoms with Crippen LogP contribution in [0.4, 0.5) is 0 Å². The summed E-state index contributed by atoms with van der Waals surface area (Å²) in [4.78, 5) is 0. The molecule has 0 bridgehead atoms. The van der Waals surface area contributed by atoms with Crippen molar-refractivity contribution in [2.45, 2.75) is 0 Å². The third kappa shape index (κ3) is 5.57. The summed E-state index contributed by atoms with van der Waals surface area (Å²) < 4.78 is 0. The third-order valence-corrected chi connectivity index (χ3v) is 10.9. The van der Waals surface area contributed by atoms with E-state index < -0.39 is 0 Å². The molecule has 0 aliphatic carbocycles. The van der Waals surface area contributed by atoms with Crippen LogP contribution in [0.15, 0.2) is 218 Å². The Hall–Kier alpha value is -7.02. The molecule has 0 spiro atoms. The van der Waals surface area contributed by atoms with Crippen LogP contribution in [0.3, 0.4) is 0 Å². The molecule has 0 heterocycles. The molecule has 0 aromatic heterocycles. The maximum Gasteiger partial charge on any atom is -0.00199 e. The smallest absolute Gasteiger partial charge is 0.00199 e. The molecule has 0 saturated heterocycles. The van der Waals surface area contributed by atoms with Gasteiger partial charge in [0.2, 0.25) is 0 Å². The van der Waals surface area contributed by atoms with E-state index in [0.29, 0.717) is 0 Å². The first-order valence-corrected chi connectivity index (χ1v) is 18.7. The molecule has 54 heavy (non-hydrogen) atoms. The van der Waals surface area contributed by atoms with Crippen molar-refractivity contribution < 1.29 is 0 Å². The zero-order valence-corrected chi connectivity index (χ0v) is 29.8. The molecule has 0 aliphatic heterocycles. The van der Waals surface area contributed by atoms with Crippen LogP contribution < -0.4 is 0 Å². The Morgan fingerprint density at radius 1 is 0.185 bits per heavy atom. The van der Waals surface area contributed by atoms with Crippen LogP contribution in [-0.2, 0) is 0 Å². The van der Waals surface area contributed by atoms with Crippen LogP contribution in [0, 0.1) is 0 Å². The summed E-state index contributed by atoms with van der Waals surface area (Å²) in [5.74, 6) is 0. The minimum Gasteiger partial charge on any atom is -0.0622 e. The second-order valence-corrected chi connectivity index (χ2v) is 14.0. The molecule has 0 unspecified atom stereocenters. The van der Waals surface area contributed by atoms with E-state index in [2.05, 4.69) is 218 Å². The average Bonchev–Trinajstić information content (AvgIpc) is 3.26. The lowest BCUT2D eigenvalue weighted by molar-refractivity contribution is 1.58. The average molecular weight is 685 g/mol. The van der Waals surface area contributed by atoms with Crippen molar-refractivity contribution in [3.05, 3.63) is 218 Å². The van der Waals surface area contributed by atoms with E-state index in [0.717, 1.165) is 0 Å². The monoisotopic (exact) mass is 684 g/mol. The first-order valence-electron chi connectivity index (χ1n) is 18.7. The Morgan fingerprint density at radius 2 is 0.481 bits per heavy atom. The number of rotatable bonds is 6. The molecule has 0 fully saturated rings. The largest absolute Gasteiger partial charge is 0.0622 e. The quantitative estimate of drug-likeness (QED) is 0.153. The van der Waals surface area contributed by atoms with Crippen molar-refractivity contribution in [2.75, 3.05) is 0 Å². The highest BCUT2D eigenvalue weighted by Gasteiger charge is 2.21. The molecule has 0 nitrogen and oxygen atoms in total. The lowest BCUT2D eigenvalue weighted by Crippen LogP contribution is -1.94. The van der Waals surface area contributed by atoms with Gasteiger partial charge in [-0.3, -0.25) is 0 Å². The SMILES string of the molecule is c1ccc(-c2ccc(-c3ccccc3-c3c4ccccc4c(-c4ccccc4-c4ccc(-c5ccccc5)cc4)c4cc5ccccc5cc34)cc2)cc1. The molecule has 252 valence electrons. The van der Waals surface area contributed by atoms with Gasteiger partial charge in [0.15, 0.2) is 0 Å². The predicted octanol–water partition coefficient (Wildman–Crippen LogP) is 15.1. The van der Waals surface area contributed by atoms with Crippen LogP contribution in [0.5, 0.6) is 0 Å². The van der Waals surface area contributed by atoms with Crippen molar-refractivity contribution >= 4 is 32.3 Å². The summed E-state index contributed by atoms with van der Waals surface area (Å²) in [7, 11) is 0. The minimum absolute atomic E-state index is 1.21. The molecule has 0 aliphatic rings. The van der Waals surface area contributed by atoms with Gasteiger partial charge in [0.25, 0.3) is 0 Å². The van der Waals surface area contributed by atoms with Crippen LogP contribution in [-0.4, -0.2) is 0 Å². The highest BCUT2D eigenvalue weighted by Crippen LogP contribution is 2.49. The summed E-state index contributed by atoms with van der Waals surface area (Å²) in [6.07, 6.45) is 0. The molecule has 10 rings (SSSR count). The molecule has 0 saturated carbocycles. The van der Waals surface area contributed by atoms with Crippen LogP contribution in [0.25, 0.3) is 99.1 Å². The van der Waals surface area contributed by atoms with E-state index in [9.17, 15) is 0 Å². The molecular weight excluding hydrogens is 649 g/mol. The molecule has 0 amide bonds. The Labute approximate surface area is 316 Å². The Morgan fingerprint density at radius 3 is 0.889 bits per heavy atom. The fourth-order valence-electron chi connectivity index (χ4n) is 8.29. The van der Waals surface area contributed by atoms with E-state index in [1.54, 1.807) is 0 Å². The first-order chi connectivity index (χ1) is 26.8. The molecule has 10 aromatic carbocycles. The van der Waals surface area contributed by atoms with Crippen molar-refractivity contribution in [1.82, 2.24) is 0 Å². The maximum atomic E-state index is 2.42. The van der Waals surface area contributed by atoms with Gasteiger partial charge in [-0.1, -0.05) is 206 Å². The van der Waals surface area contributed by atoms with Gasteiger partial charge < -0.3 is 0 Å². The Balaban J connectivity index is 1.22. The Bertz CT molecular complexity index is 2730. The highest BCUT2D eigenvalue weighted by atomic mass is 14.2. The third-order valence-electron chi connectivity index (χ3n) is 10.9. The second-order valence-electron chi connectivity index (χ2n) is 14.0. The number of fused-ring (bicyclic) bond motifs is 3. The number of benzene rings is 10. The molecule has 0 N–H and O–H groups in total. The lowest BCUT2D eigenvalue weighted by atomic mass is 9.81. The van der Waals surface area contributed by atoms with Gasteiger partial charge in [0.05, 0.1) is 0 Å².